The van der Waals surface area contributed by atoms with Crippen LogP contribution >= 0.6 is 35.8 Å². The van der Waals surface area contributed by atoms with Gasteiger partial charge in [-0.2, -0.15) is 0 Å². The monoisotopic (exact) mass is 325 g/mol. The summed E-state index contributed by atoms with van der Waals surface area (Å²) < 4.78 is 0. The zero-order chi connectivity index (χ0) is 14.5. The Morgan fingerprint density at radius 3 is 2.40 bits per heavy atom. The molecule has 2 aromatic rings. The second-order valence-electron chi connectivity index (χ2n) is 4.85. The number of thiol groups is 1. The molecule has 2 aromatic carbocycles. The van der Waals surface area contributed by atoms with Crippen LogP contribution in [-0.4, -0.2) is 18.5 Å². The maximum atomic E-state index is 6.10. The van der Waals surface area contributed by atoms with E-state index in [1.54, 1.807) is 0 Å². The van der Waals surface area contributed by atoms with Crippen LogP contribution in [0.25, 0.3) is 0 Å². The van der Waals surface area contributed by atoms with E-state index in [2.05, 4.69) is 24.6 Å². The second-order valence-corrected chi connectivity index (χ2v) is 6.21. The highest BCUT2D eigenvalue weighted by molar-refractivity contribution is 7.80. The molecule has 0 bridgehead atoms. The predicted octanol–water partition coefficient (Wildman–Crippen LogP) is 4.96. The van der Waals surface area contributed by atoms with Gasteiger partial charge in [0.15, 0.2) is 0 Å². The van der Waals surface area contributed by atoms with Crippen LogP contribution in [0.5, 0.6) is 0 Å². The summed E-state index contributed by atoms with van der Waals surface area (Å²) in [6.07, 6.45) is 1.05. The van der Waals surface area contributed by atoms with E-state index >= 15 is 0 Å². The van der Waals surface area contributed by atoms with Gasteiger partial charge in [0.2, 0.25) is 0 Å². The summed E-state index contributed by atoms with van der Waals surface area (Å²) in [6.45, 7) is 2.02. The van der Waals surface area contributed by atoms with Gasteiger partial charge >= 0.3 is 0 Å². The lowest BCUT2D eigenvalue weighted by molar-refractivity contribution is 0.313. The van der Waals surface area contributed by atoms with Crippen LogP contribution in [0.4, 0.5) is 0 Å². The quantitative estimate of drug-likeness (QED) is 0.670. The molecule has 1 aliphatic heterocycles. The normalized spacial score (nSPS) is 14.2. The van der Waals surface area contributed by atoms with E-state index in [1.165, 1.54) is 11.1 Å². The molecular formula is C16H17Cl2NS. The van der Waals surface area contributed by atoms with Crippen molar-refractivity contribution < 1.29 is 0 Å². The number of halogens is 2. The smallest absolute Gasteiger partial charge is 0.0468 e. The number of hydrogen-bond acceptors (Lipinski definition) is 2. The fraction of sp³-hybridized carbons (Fsp3) is 0.250. The summed E-state index contributed by atoms with van der Waals surface area (Å²) in [5.74, 6) is 0. The van der Waals surface area contributed by atoms with Crippen molar-refractivity contribution in [3.63, 3.8) is 0 Å². The standard InChI is InChI=1S/C10H11Cl2N.C6H6S/c1-13-3-2-7-4-8(11)5-10(12)9(7)6-13;7-6-4-2-1-3-5-6/h4-5H,2-3,6H2,1H3;1-5,7H. The van der Waals surface area contributed by atoms with Crippen molar-refractivity contribution in [2.24, 2.45) is 0 Å². The summed E-state index contributed by atoms with van der Waals surface area (Å²) in [5, 5.41) is 1.54. The van der Waals surface area contributed by atoms with Gasteiger partial charge in [-0.05, 0) is 48.9 Å². The summed E-state index contributed by atoms with van der Waals surface area (Å²) in [7, 11) is 2.11. The fourth-order valence-electron chi connectivity index (χ4n) is 2.15. The van der Waals surface area contributed by atoms with Crippen molar-refractivity contribution in [2.45, 2.75) is 17.9 Å². The number of benzene rings is 2. The van der Waals surface area contributed by atoms with Crippen LogP contribution in [0.1, 0.15) is 11.1 Å². The third-order valence-corrected chi connectivity index (χ3v) is 4.05. The number of hydrogen-bond donors (Lipinski definition) is 1. The first-order chi connectivity index (χ1) is 9.56. The Morgan fingerprint density at radius 1 is 1.10 bits per heavy atom. The van der Waals surface area contributed by atoms with Crippen molar-refractivity contribution in [1.82, 2.24) is 4.90 Å². The summed E-state index contributed by atoms with van der Waals surface area (Å²) >= 11 is 16.1. The fourth-order valence-corrected chi connectivity index (χ4v) is 2.91. The zero-order valence-electron chi connectivity index (χ0n) is 11.3. The Labute approximate surface area is 135 Å². The van der Waals surface area contributed by atoms with Crippen LogP contribution in [-0.2, 0) is 13.0 Å². The first-order valence-electron chi connectivity index (χ1n) is 6.45. The third-order valence-electron chi connectivity index (χ3n) is 3.20. The lowest BCUT2D eigenvalue weighted by Gasteiger charge is -2.25. The maximum Gasteiger partial charge on any atom is 0.0468 e. The van der Waals surface area contributed by atoms with Crippen molar-refractivity contribution >= 4 is 35.8 Å². The zero-order valence-corrected chi connectivity index (χ0v) is 13.7. The molecule has 0 radical (unpaired) electrons. The molecule has 0 fully saturated rings. The van der Waals surface area contributed by atoms with E-state index in [1.807, 2.05) is 42.5 Å². The van der Waals surface area contributed by atoms with E-state index in [-0.39, 0.29) is 0 Å². The molecule has 0 saturated heterocycles. The lowest BCUT2D eigenvalue weighted by Crippen LogP contribution is -2.26. The molecule has 106 valence electrons. The Morgan fingerprint density at radius 2 is 1.80 bits per heavy atom. The van der Waals surface area contributed by atoms with Gasteiger partial charge in [0.25, 0.3) is 0 Å². The van der Waals surface area contributed by atoms with Crippen LogP contribution < -0.4 is 0 Å². The average molecular weight is 326 g/mol. The topological polar surface area (TPSA) is 3.24 Å². The molecule has 1 aliphatic rings. The third kappa shape index (κ3) is 4.42. The van der Waals surface area contributed by atoms with E-state index in [0.29, 0.717) is 0 Å². The second kappa shape index (κ2) is 7.37. The van der Waals surface area contributed by atoms with E-state index in [0.717, 1.165) is 34.5 Å². The van der Waals surface area contributed by atoms with Crippen molar-refractivity contribution in [3.05, 3.63) is 63.6 Å². The highest BCUT2D eigenvalue weighted by Crippen LogP contribution is 2.29. The minimum Gasteiger partial charge on any atom is -0.302 e. The van der Waals surface area contributed by atoms with Crippen molar-refractivity contribution in [3.8, 4) is 0 Å². The number of rotatable bonds is 0. The molecule has 3 rings (SSSR count). The molecule has 0 spiro atoms. The number of likely N-dealkylation sites (N-methyl/N-ethyl adjacent to an activating group) is 1. The molecule has 1 heterocycles. The van der Waals surface area contributed by atoms with Gasteiger partial charge in [-0.15, -0.1) is 12.6 Å². The summed E-state index contributed by atoms with van der Waals surface area (Å²) in [4.78, 5) is 3.28. The van der Waals surface area contributed by atoms with Crippen LogP contribution in [0.3, 0.4) is 0 Å². The van der Waals surface area contributed by atoms with Crippen LogP contribution in [0, 0.1) is 0 Å². The Bertz CT molecular complexity index is 572. The highest BCUT2D eigenvalue weighted by atomic mass is 35.5. The Hall–Kier alpha value is -0.670. The molecule has 0 saturated carbocycles. The molecule has 0 aliphatic carbocycles. The van der Waals surface area contributed by atoms with Crippen LogP contribution in [0.2, 0.25) is 10.0 Å². The Kier molecular flexibility index (Phi) is 5.79. The molecular weight excluding hydrogens is 309 g/mol. The van der Waals surface area contributed by atoms with Gasteiger partial charge in [-0.1, -0.05) is 41.4 Å². The number of nitrogens with zero attached hydrogens (tertiary/aromatic N) is 1. The molecule has 20 heavy (non-hydrogen) atoms. The van der Waals surface area contributed by atoms with Gasteiger partial charge in [-0.25, -0.2) is 0 Å². The largest absolute Gasteiger partial charge is 0.302 e. The molecule has 0 amide bonds. The Balaban J connectivity index is 0.000000178. The van der Waals surface area contributed by atoms with Crippen LogP contribution in [0.15, 0.2) is 47.4 Å². The van der Waals surface area contributed by atoms with Gasteiger partial charge in [0.05, 0.1) is 0 Å². The average Bonchev–Trinajstić information content (AvgIpc) is 2.41. The highest BCUT2D eigenvalue weighted by Gasteiger charge is 2.16. The van der Waals surface area contributed by atoms with Crippen molar-refractivity contribution in [1.29, 1.82) is 0 Å². The van der Waals surface area contributed by atoms with E-state index in [4.69, 9.17) is 23.2 Å². The SMILES string of the molecule is CN1CCc2cc(Cl)cc(Cl)c2C1.Sc1ccccc1. The first kappa shape index (κ1) is 15.7. The molecule has 0 unspecified atom stereocenters. The van der Waals surface area contributed by atoms with Gasteiger partial charge < -0.3 is 4.90 Å². The lowest BCUT2D eigenvalue weighted by atomic mass is 10.0. The van der Waals surface area contributed by atoms with Gasteiger partial charge in [0, 0.05) is 28.0 Å². The molecule has 0 aromatic heterocycles. The molecule has 1 nitrogen and oxygen atoms in total. The van der Waals surface area contributed by atoms with Gasteiger partial charge in [-0.3, -0.25) is 0 Å². The van der Waals surface area contributed by atoms with E-state index < -0.39 is 0 Å². The summed E-state index contributed by atoms with van der Waals surface area (Å²) in [6, 6.07) is 13.6. The summed E-state index contributed by atoms with van der Waals surface area (Å²) in [5.41, 5.74) is 2.54. The van der Waals surface area contributed by atoms with Crippen molar-refractivity contribution in [2.75, 3.05) is 13.6 Å². The molecule has 0 atom stereocenters. The minimum absolute atomic E-state index is 0.744. The minimum atomic E-state index is 0.744. The molecule has 4 heteroatoms. The number of fused-ring (bicyclic) bond motifs is 1. The van der Waals surface area contributed by atoms with Gasteiger partial charge in [0.1, 0.15) is 0 Å². The molecule has 0 N–H and O–H groups in total. The van der Waals surface area contributed by atoms with E-state index in [9.17, 15) is 0 Å². The predicted molar refractivity (Wildman–Crippen MR) is 90.2 cm³/mol. The first-order valence-corrected chi connectivity index (χ1v) is 7.66. The maximum absolute atomic E-state index is 6.10.